The number of hydrogen-bond donors (Lipinski definition) is 1. The average molecular weight is 365 g/mol. The standard InChI is InChI=1S/C13H21BrN2O3S/c1-2-9-20(17,18)16-7-5-11(6-8-16)15-10-12-3-4-13(14)19-12/h3-4,11,15H,2,5-10H2,1H3. The maximum atomic E-state index is 12.0. The molecule has 0 aromatic carbocycles. The molecule has 20 heavy (non-hydrogen) atoms. The molecule has 1 aromatic rings. The van der Waals surface area contributed by atoms with Gasteiger partial charge < -0.3 is 9.73 Å². The molecule has 1 fully saturated rings. The van der Waals surface area contributed by atoms with Crippen LogP contribution in [0.4, 0.5) is 0 Å². The summed E-state index contributed by atoms with van der Waals surface area (Å²) in [4.78, 5) is 0. The van der Waals surface area contributed by atoms with E-state index in [2.05, 4.69) is 21.2 Å². The van der Waals surface area contributed by atoms with Crippen LogP contribution in [-0.4, -0.2) is 37.6 Å². The summed E-state index contributed by atoms with van der Waals surface area (Å²) < 4.78 is 31.7. The minimum atomic E-state index is -3.04. The second-order valence-electron chi connectivity index (χ2n) is 5.08. The van der Waals surface area contributed by atoms with E-state index in [9.17, 15) is 8.42 Å². The minimum absolute atomic E-state index is 0.255. The lowest BCUT2D eigenvalue weighted by molar-refractivity contribution is 0.283. The first-order chi connectivity index (χ1) is 9.51. The highest BCUT2D eigenvalue weighted by molar-refractivity contribution is 9.10. The monoisotopic (exact) mass is 364 g/mol. The van der Waals surface area contributed by atoms with Crippen molar-refractivity contribution in [2.45, 2.75) is 38.8 Å². The number of hydrogen-bond acceptors (Lipinski definition) is 4. The van der Waals surface area contributed by atoms with Gasteiger partial charge >= 0.3 is 0 Å². The minimum Gasteiger partial charge on any atom is -0.453 e. The summed E-state index contributed by atoms with van der Waals surface area (Å²) in [6.45, 7) is 3.80. The molecule has 0 aliphatic carbocycles. The van der Waals surface area contributed by atoms with Crippen molar-refractivity contribution in [1.82, 2.24) is 9.62 Å². The summed E-state index contributed by atoms with van der Waals surface area (Å²) in [6.07, 6.45) is 2.38. The molecule has 1 saturated heterocycles. The summed E-state index contributed by atoms with van der Waals surface area (Å²) in [5.74, 6) is 1.14. The molecule has 1 N–H and O–H groups in total. The largest absolute Gasteiger partial charge is 0.453 e. The molecule has 2 rings (SSSR count). The maximum Gasteiger partial charge on any atom is 0.214 e. The Balaban J connectivity index is 1.77. The van der Waals surface area contributed by atoms with Crippen LogP contribution in [0.15, 0.2) is 21.2 Å². The van der Waals surface area contributed by atoms with Crippen LogP contribution in [0.5, 0.6) is 0 Å². The van der Waals surface area contributed by atoms with Crippen molar-refractivity contribution in [3.05, 3.63) is 22.6 Å². The van der Waals surface area contributed by atoms with Gasteiger partial charge in [0.05, 0.1) is 12.3 Å². The number of nitrogens with zero attached hydrogens (tertiary/aromatic N) is 1. The SMILES string of the molecule is CCCS(=O)(=O)N1CCC(NCc2ccc(Br)o2)CC1. The molecular weight excluding hydrogens is 344 g/mol. The van der Waals surface area contributed by atoms with E-state index in [0.717, 1.165) is 23.3 Å². The average Bonchev–Trinajstić information content (AvgIpc) is 2.83. The quantitative estimate of drug-likeness (QED) is 0.841. The molecule has 1 aromatic heterocycles. The van der Waals surface area contributed by atoms with Gasteiger partial charge in [-0.05, 0) is 47.3 Å². The van der Waals surface area contributed by atoms with E-state index in [1.54, 1.807) is 4.31 Å². The second kappa shape index (κ2) is 7.06. The summed E-state index contributed by atoms with van der Waals surface area (Å²) in [5.41, 5.74) is 0. The number of furan rings is 1. The van der Waals surface area contributed by atoms with Crippen LogP contribution in [-0.2, 0) is 16.6 Å². The Bertz CT molecular complexity index is 521. The molecule has 5 nitrogen and oxygen atoms in total. The van der Waals surface area contributed by atoms with Gasteiger partial charge in [-0.3, -0.25) is 0 Å². The van der Waals surface area contributed by atoms with Crippen LogP contribution < -0.4 is 5.32 Å². The summed E-state index contributed by atoms with van der Waals surface area (Å²) in [6, 6.07) is 4.15. The van der Waals surface area contributed by atoms with E-state index < -0.39 is 10.0 Å². The zero-order valence-electron chi connectivity index (χ0n) is 11.6. The molecule has 1 aliphatic rings. The molecule has 0 spiro atoms. The van der Waals surface area contributed by atoms with Crippen LogP contribution >= 0.6 is 15.9 Å². The Kier molecular flexibility index (Phi) is 5.65. The van der Waals surface area contributed by atoms with E-state index in [4.69, 9.17) is 4.42 Å². The third-order valence-corrected chi connectivity index (χ3v) is 6.01. The van der Waals surface area contributed by atoms with Gasteiger partial charge in [-0.1, -0.05) is 6.92 Å². The number of rotatable bonds is 6. The summed E-state index contributed by atoms with van der Waals surface area (Å²) >= 11 is 3.27. The lowest BCUT2D eigenvalue weighted by Crippen LogP contribution is -2.45. The molecular formula is C13H21BrN2O3S. The van der Waals surface area contributed by atoms with E-state index in [1.165, 1.54) is 0 Å². The number of sulfonamides is 1. The molecule has 0 saturated carbocycles. The van der Waals surface area contributed by atoms with Gasteiger partial charge in [-0.15, -0.1) is 0 Å². The van der Waals surface area contributed by atoms with Crippen LogP contribution in [0.3, 0.4) is 0 Å². The van der Waals surface area contributed by atoms with Gasteiger partial charge in [-0.25, -0.2) is 12.7 Å². The van der Waals surface area contributed by atoms with Crippen molar-refractivity contribution in [1.29, 1.82) is 0 Å². The molecule has 7 heteroatoms. The molecule has 0 bridgehead atoms. The van der Waals surface area contributed by atoms with Gasteiger partial charge in [0.2, 0.25) is 10.0 Å². The van der Waals surface area contributed by atoms with Crippen LogP contribution in [0.1, 0.15) is 31.9 Å². The van der Waals surface area contributed by atoms with E-state index in [1.807, 2.05) is 19.1 Å². The fraction of sp³-hybridized carbons (Fsp3) is 0.692. The molecule has 0 atom stereocenters. The predicted molar refractivity (Wildman–Crippen MR) is 81.9 cm³/mol. The van der Waals surface area contributed by atoms with Crippen molar-refractivity contribution in [3.8, 4) is 0 Å². The number of nitrogens with one attached hydrogen (secondary N) is 1. The predicted octanol–water partition coefficient (Wildman–Crippen LogP) is 2.34. The van der Waals surface area contributed by atoms with Gasteiger partial charge in [0.15, 0.2) is 4.67 Å². The molecule has 114 valence electrons. The Labute approximate surface area is 128 Å². The fourth-order valence-electron chi connectivity index (χ4n) is 2.42. The Morgan fingerprint density at radius 2 is 2.10 bits per heavy atom. The first-order valence-corrected chi connectivity index (χ1v) is 9.37. The van der Waals surface area contributed by atoms with E-state index in [-0.39, 0.29) is 5.75 Å². The lowest BCUT2D eigenvalue weighted by Gasteiger charge is -2.31. The van der Waals surface area contributed by atoms with Crippen molar-refractivity contribution < 1.29 is 12.8 Å². The fourth-order valence-corrected chi connectivity index (χ4v) is 4.30. The van der Waals surface area contributed by atoms with E-state index >= 15 is 0 Å². The third kappa shape index (κ3) is 4.31. The smallest absolute Gasteiger partial charge is 0.214 e. The van der Waals surface area contributed by atoms with Gasteiger partial charge in [0.25, 0.3) is 0 Å². The number of halogens is 1. The van der Waals surface area contributed by atoms with Gasteiger partial charge in [0.1, 0.15) is 5.76 Å². The van der Waals surface area contributed by atoms with Crippen molar-refractivity contribution in [2.24, 2.45) is 0 Å². The molecule has 0 radical (unpaired) electrons. The van der Waals surface area contributed by atoms with Gasteiger partial charge in [0, 0.05) is 19.1 Å². The Morgan fingerprint density at radius 1 is 1.40 bits per heavy atom. The highest BCUT2D eigenvalue weighted by atomic mass is 79.9. The molecule has 0 unspecified atom stereocenters. The zero-order chi connectivity index (χ0) is 14.6. The zero-order valence-corrected chi connectivity index (χ0v) is 14.0. The highest BCUT2D eigenvalue weighted by Gasteiger charge is 2.27. The van der Waals surface area contributed by atoms with Gasteiger partial charge in [-0.2, -0.15) is 0 Å². The van der Waals surface area contributed by atoms with Crippen LogP contribution in [0, 0.1) is 0 Å². The third-order valence-electron chi connectivity index (χ3n) is 3.50. The van der Waals surface area contributed by atoms with Crippen molar-refractivity contribution in [2.75, 3.05) is 18.8 Å². The van der Waals surface area contributed by atoms with E-state index in [0.29, 0.717) is 32.1 Å². The summed E-state index contributed by atoms with van der Waals surface area (Å²) in [7, 11) is -3.04. The Morgan fingerprint density at radius 3 is 2.65 bits per heavy atom. The first kappa shape index (κ1) is 16.0. The maximum absolute atomic E-state index is 12.0. The van der Waals surface area contributed by atoms with Crippen LogP contribution in [0.2, 0.25) is 0 Å². The van der Waals surface area contributed by atoms with Crippen molar-refractivity contribution in [3.63, 3.8) is 0 Å². The number of piperidine rings is 1. The summed E-state index contributed by atoms with van der Waals surface area (Å²) in [5, 5.41) is 3.42. The molecule has 0 amide bonds. The molecule has 1 aliphatic heterocycles. The second-order valence-corrected chi connectivity index (χ2v) is 7.95. The molecule has 2 heterocycles. The Hall–Kier alpha value is -0.370. The topological polar surface area (TPSA) is 62.6 Å². The normalized spacial score (nSPS) is 18.5. The first-order valence-electron chi connectivity index (χ1n) is 6.96. The van der Waals surface area contributed by atoms with Crippen molar-refractivity contribution >= 4 is 26.0 Å². The lowest BCUT2D eigenvalue weighted by atomic mass is 10.1. The van der Waals surface area contributed by atoms with Crippen LogP contribution in [0.25, 0.3) is 0 Å². The highest BCUT2D eigenvalue weighted by Crippen LogP contribution is 2.17.